The second-order valence-electron chi connectivity index (χ2n) is 5.18. The molecule has 1 amide bonds. The van der Waals surface area contributed by atoms with E-state index in [1.165, 1.54) is 11.8 Å². The Balaban J connectivity index is 1.46. The Kier molecular flexibility index (Phi) is 5.66. The van der Waals surface area contributed by atoms with Crippen LogP contribution in [0.5, 0.6) is 0 Å². The molecule has 0 saturated carbocycles. The largest absolute Gasteiger partial charge is 0.350 e. The van der Waals surface area contributed by atoms with Gasteiger partial charge in [-0.3, -0.25) is 4.79 Å². The standard InChI is InChI=1S/C17H17N3O2S2/c1-12-5-2-3-7-14(12)17-19-16(22-20-17)11-23-10-15(21)18-9-13-6-4-8-24-13/h2-8H,9-11H2,1H3,(H,18,21). The summed E-state index contributed by atoms with van der Waals surface area (Å²) >= 11 is 3.09. The topological polar surface area (TPSA) is 68.0 Å². The third-order valence-corrected chi connectivity index (χ3v) is 5.15. The maximum atomic E-state index is 11.8. The summed E-state index contributed by atoms with van der Waals surface area (Å²) in [5.41, 5.74) is 2.07. The van der Waals surface area contributed by atoms with Crippen LogP contribution in [0, 0.1) is 6.92 Å². The van der Waals surface area contributed by atoms with Crippen LogP contribution in [-0.4, -0.2) is 21.8 Å². The van der Waals surface area contributed by atoms with E-state index in [0.717, 1.165) is 16.0 Å². The molecule has 3 rings (SSSR count). The van der Waals surface area contributed by atoms with Gasteiger partial charge in [0.05, 0.1) is 18.1 Å². The molecule has 0 aliphatic heterocycles. The summed E-state index contributed by atoms with van der Waals surface area (Å²) in [6.07, 6.45) is 0. The number of aromatic nitrogens is 2. The number of amides is 1. The first-order chi connectivity index (χ1) is 11.7. The van der Waals surface area contributed by atoms with Gasteiger partial charge in [0.15, 0.2) is 0 Å². The summed E-state index contributed by atoms with van der Waals surface area (Å²) in [6.45, 7) is 2.59. The van der Waals surface area contributed by atoms with Gasteiger partial charge < -0.3 is 9.84 Å². The number of thioether (sulfide) groups is 1. The molecule has 24 heavy (non-hydrogen) atoms. The van der Waals surface area contributed by atoms with Crippen LogP contribution in [0.25, 0.3) is 11.4 Å². The second-order valence-corrected chi connectivity index (χ2v) is 7.19. The lowest BCUT2D eigenvalue weighted by Crippen LogP contribution is -2.24. The maximum absolute atomic E-state index is 11.8. The molecule has 0 aliphatic rings. The van der Waals surface area contributed by atoms with E-state index in [1.807, 2.05) is 48.7 Å². The minimum atomic E-state index is 0.00652. The van der Waals surface area contributed by atoms with Crippen molar-refractivity contribution in [2.45, 2.75) is 19.2 Å². The van der Waals surface area contributed by atoms with Crippen LogP contribution in [0.2, 0.25) is 0 Å². The van der Waals surface area contributed by atoms with Crippen molar-refractivity contribution in [2.75, 3.05) is 5.75 Å². The maximum Gasteiger partial charge on any atom is 0.236 e. The highest BCUT2D eigenvalue weighted by atomic mass is 32.2. The zero-order valence-electron chi connectivity index (χ0n) is 13.2. The van der Waals surface area contributed by atoms with Gasteiger partial charge >= 0.3 is 0 Å². The van der Waals surface area contributed by atoms with Gasteiger partial charge in [-0.05, 0) is 23.9 Å². The van der Waals surface area contributed by atoms with E-state index in [-0.39, 0.29) is 5.91 Å². The molecule has 124 valence electrons. The van der Waals surface area contributed by atoms with Crippen molar-refractivity contribution in [3.63, 3.8) is 0 Å². The SMILES string of the molecule is Cc1ccccc1-c1noc(CSCC(=O)NCc2cccs2)n1. The predicted molar refractivity (Wildman–Crippen MR) is 96.8 cm³/mol. The van der Waals surface area contributed by atoms with Crippen LogP contribution in [-0.2, 0) is 17.1 Å². The third kappa shape index (κ3) is 4.46. The lowest BCUT2D eigenvalue weighted by Gasteiger charge is -2.02. The number of benzene rings is 1. The fourth-order valence-electron chi connectivity index (χ4n) is 2.13. The fraction of sp³-hybridized carbons (Fsp3) is 0.235. The van der Waals surface area contributed by atoms with Gasteiger partial charge in [0.25, 0.3) is 0 Å². The first-order valence-electron chi connectivity index (χ1n) is 7.48. The van der Waals surface area contributed by atoms with Crippen molar-refractivity contribution in [3.05, 3.63) is 58.1 Å². The monoisotopic (exact) mass is 359 g/mol. The molecule has 1 aromatic carbocycles. The molecule has 1 N–H and O–H groups in total. The Bertz CT molecular complexity index is 800. The third-order valence-electron chi connectivity index (χ3n) is 3.35. The molecule has 0 unspecified atom stereocenters. The minimum Gasteiger partial charge on any atom is -0.350 e. The number of nitrogens with one attached hydrogen (secondary N) is 1. The Morgan fingerprint density at radius 2 is 2.17 bits per heavy atom. The minimum absolute atomic E-state index is 0.00652. The number of aryl methyl sites for hydroxylation is 1. The average Bonchev–Trinajstić information content (AvgIpc) is 3.25. The van der Waals surface area contributed by atoms with Gasteiger partial charge in [0.1, 0.15) is 0 Å². The highest BCUT2D eigenvalue weighted by molar-refractivity contribution is 7.99. The summed E-state index contributed by atoms with van der Waals surface area (Å²) in [7, 11) is 0. The summed E-state index contributed by atoms with van der Waals surface area (Å²) in [6, 6.07) is 11.9. The van der Waals surface area contributed by atoms with Crippen LogP contribution in [0.4, 0.5) is 0 Å². The lowest BCUT2D eigenvalue weighted by atomic mass is 10.1. The Morgan fingerprint density at radius 1 is 1.29 bits per heavy atom. The molecule has 0 spiro atoms. The number of hydrogen-bond donors (Lipinski definition) is 1. The highest BCUT2D eigenvalue weighted by Crippen LogP contribution is 2.21. The van der Waals surface area contributed by atoms with Gasteiger partial charge in [-0.1, -0.05) is 35.5 Å². The number of nitrogens with zero attached hydrogens (tertiary/aromatic N) is 2. The molecule has 2 heterocycles. The number of carbonyl (C=O) groups excluding carboxylic acids is 1. The van der Waals surface area contributed by atoms with Gasteiger partial charge in [0, 0.05) is 10.4 Å². The van der Waals surface area contributed by atoms with Crippen molar-refractivity contribution < 1.29 is 9.32 Å². The van der Waals surface area contributed by atoms with Gasteiger partial charge in [-0.2, -0.15) is 4.98 Å². The van der Waals surface area contributed by atoms with Crippen LogP contribution < -0.4 is 5.32 Å². The molecule has 0 aliphatic carbocycles. The Morgan fingerprint density at radius 3 is 2.96 bits per heavy atom. The molecule has 0 bridgehead atoms. The first-order valence-corrected chi connectivity index (χ1v) is 9.51. The van der Waals surface area contributed by atoms with E-state index in [4.69, 9.17) is 4.52 Å². The quantitative estimate of drug-likeness (QED) is 0.697. The summed E-state index contributed by atoms with van der Waals surface area (Å²) in [5.74, 6) is 2.01. The molecule has 0 radical (unpaired) electrons. The molecule has 2 aromatic heterocycles. The van der Waals surface area contributed by atoms with Crippen molar-refractivity contribution >= 4 is 29.0 Å². The van der Waals surface area contributed by atoms with Crippen molar-refractivity contribution in [3.8, 4) is 11.4 Å². The van der Waals surface area contributed by atoms with E-state index in [1.54, 1.807) is 11.3 Å². The normalized spacial score (nSPS) is 10.7. The Hall–Kier alpha value is -2.12. The number of hydrogen-bond acceptors (Lipinski definition) is 6. The zero-order chi connectivity index (χ0) is 16.8. The van der Waals surface area contributed by atoms with Gasteiger partial charge in [-0.25, -0.2) is 0 Å². The van der Waals surface area contributed by atoms with Crippen molar-refractivity contribution in [2.24, 2.45) is 0 Å². The van der Waals surface area contributed by atoms with Gasteiger partial charge in [0.2, 0.25) is 17.6 Å². The van der Waals surface area contributed by atoms with E-state index >= 15 is 0 Å². The van der Waals surface area contributed by atoms with Crippen molar-refractivity contribution in [1.29, 1.82) is 0 Å². The van der Waals surface area contributed by atoms with Crippen molar-refractivity contribution in [1.82, 2.24) is 15.5 Å². The smallest absolute Gasteiger partial charge is 0.236 e. The Labute approximate surface area is 148 Å². The number of thiophene rings is 1. The predicted octanol–water partition coefficient (Wildman–Crippen LogP) is 3.66. The first kappa shape index (κ1) is 16.7. The molecule has 0 saturated heterocycles. The van der Waals surface area contributed by atoms with Crippen LogP contribution in [0.1, 0.15) is 16.3 Å². The molecular weight excluding hydrogens is 342 g/mol. The molecule has 3 aromatic rings. The summed E-state index contributed by atoms with van der Waals surface area (Å²) in [4.78, 5) is 17.3. The van der Waals surface area contributed by atoms with E-state index in [0.29, 0.717) is 29.8 Å². The number of rotatable bonds is 7. The van der Waals surface area contributed by atoms with Crippen LogP contribution >= 0.6 is 23.1 Å². The van der Waals surface area contributed by atoms with Crippen LogP contribution in [0.15, 0.2) is 46.3 Å². The summed E-state index contributed by atoms with van der Waals surface area (Å²) < 4.78 is 5.26. The van der Waals surface area contributed by atoms with Gasteiger partial charge in [-0.15, -0.1) is 23.1 Å². The van der Waals surface area contributed by atoms with Crippen LogP contribution in [0.3, 0.4) is 0 Å². The second kappa shape index (κ2) is 8.12. The molecule has 5 nitrogen and oxygen atoms in total. The zero-order valence-corrected chi connectivity index (χ0v) is 14.8. The molecule has 7 heteroatoms. The number of carbonyl (C=O) groups is 1. The lowest BCUT2D eigenvalue weighted by molar-refractivity contribution is -0.118. The molecule has 0 fully saturated rings. The molecular formula is C17H17N3O2S2. The van der Waals surface area contributed by atoms with E-state index < -0.39 is 0 Å². The fourth-order valence-corrected chi connectivity index (χ4v) is 3.45. The van der Waals surface area contributed by atoms with E-state index in [2.05, 4.69) is 15.5 Å². The highest BCUT2D eigenvalue weighted by Gasteiger charge is 2.11. The average molecular weight is 359 g/mol. The molecule has 0 atom stereocenters. The summed E-state index contributed by atoms with van der Waals surface area (Å²) in [5, 5.41) is 8.91. The van der Waals surface area contributed by atoms with E-state index in [9.17, 15) is 4.79 Å².